The van der Waals surface area contributed by atoms with Gasteiger partial charge in [0.25, 0.3) is 0 Å². The van der Waals surface area contributed by atoms with Gasteiger partial charge in [-0.2, -0.15) is 0 Å². The van der Waals surface area contributed by atoms with Crippen molar-refractivity contribution in [1.29, 1.82) is 0 Å². The largest absolute Gasteiger partial charge is 0.496 e. The first kappa shape index (κ1) is 10.2. The molecule has 3 rings (SSSR count). The van der Waals surface area contributed by atoms with Gasteiger partial charge in [0.15, 0.2) is 0 Å². The van der Waals surface area contributed by atoms with E-state index < -0.39 is 0 Å². The molecule has 0 amide bonds. The SMILES string of the molecule is NC(C1=CCCO1)C1CSc2ccccc21. The smallest absolute Gasteiger partial charge is 0.109 e. The number of nitrogens with two attached hydrogens (primary N) is 1. The molecule has 84 valence electrons. The first-order valence-electron chi connectivity index (χ1n) is 5.66. The average Bonchev–Trinajstić information content (AvgIpc) is 2.98. The van der Waals surface area contributed by atoms with Gasteiger partial charge in [0.05, 0.1) is 12.6 Å². The molecule has 2 N–H and O–H groups in total. The first-order chi connectivity index (χ1) is 7.86. The molecule has 2 nitrogen and oxygen atoms in total. The van der Waals surface area contributed by atoms with Crippen LogP contribution in [0.2, 0.25) is 0 Å². The maximum atomic E-state index is 6.29. The second-order valence-electron chi connectivity index (χ2n) is 4.22. The molecule has 0 aliphatic carbocycles. The summed E-state index contributed by atoms with van der Waals surface area (Å²) in [5, 5.41) is 0. The fourth-order valence-electron chi connectivity index (χ4n) is 2.35. The van der Waals surface area contributed by atoms with Gasteiger partial charge in [-0.15, -0.1) is 11.8 Å². The van der Waals surface area contributed by atoms with Crippen molar-refractivity contribution in [2.75, 3.05) is 12.4 Å². The van der Waals surface area contributed by atoms with Crippen molar-refractivity contribution >= 4 is 11.8 Å². The summed E-state index contributed by atoms with van der Waals surface area (Å²) in [6, 6.07) is 8.57. The molecule has 0 bridgehead atoms. The quantitative estimate of drug-likeness (QED) is 0.852. The van der Waals surface area contributed by atoms with Crippen molar-refractivity contribution in [3.63, 3.8) is 0 Å². The zero-order valence-electron chi connectivity index (χ0n) is 9.06. The fourth-order valence-corrected chi connectivity index (χ4v) is 3.66. The van der Waals surface area contributed by atoms with E-state index >= 15 is 0 Å². The van der Waals surface area contributed by atoms with Crippen LogP contribution in [0.25, 0.3) is 0 Å². The normalized spacial score (nSPS) is 24.8. The highest BCUT2D eigenvalue weighted by Crippen LogP contribution is 2.42. The summed E-state index contributed by atoms with van der Waals surface area (Å²) in [5.41, 5.74) is 7.68. The van der Waals surface area contributed by atoms with Gasteiger partial charge in [-0.1, -0.05) is 18.2 Å². The molecule has 0 aromatic heterocycles. The van der Waals surface area contributed by atoms with E-state index in [-0.39, 0.29) is 6.04 Å². The molecule has 2 atom stereocenters. The van der Waals surface area contributed by atoms with E-state index in [0.29, 0.717) is 5.92 Å². The number of hydrogen-bond donors (Lipinski definition) is 1. The number of ether oxygens (including phenoxy) is 1. The van der Waals surface area contributed by atoms with E-state index in [1.807, 2.05) is 11.8 Å². The Labute approximate surface area is 99.9 Å². The Bertz CT molecular complexity index is 430. The van der Waals surface area contributed by atoms with Crippen molar-refractivity contribution in [2.24, 2.45) is 5.73 Å². The summed E-state index contributed by atoms with van der Waals surface area (Å²) >= 11 is 1.90. The Balaban J connectivity index is 1.87. The van der Waals surface area contributed by atoms with Gasteiger partial charge < -0.3 is 10.5 Å². The van der Waals surface area contributed by atoms with Gasteiger partial charge in [-0.25, -0.2) is 0 Å². The van der Waals surface area contributed by atoms with E-state index in [9.17, 15) is 0 Å². The van der Waals surface area contributed by atoms with Crippen molar-refractivity contribution in [2.45, 2.75) is 23.3 Å². The van der Waals surface area contributed by atoms with Crippen molar-refractivity contribution in [3.8, 4) is 0 Å². The zero-order valence-corrected chi connectivity index (χ0v) is 9.87. The predicted molar refractivity (Wildman–Crippen MR) is 66.5 cm³/mol. The summed E-state index contributed by atoms with van der Waals surface area (Å²) in [6.45, 7) is 0.796. The third-order valence-electron chi connectivity index (χ3n) is 3.23. The van der Waals surface area contributed by atoms with Crippen LogP contribution >= 0.6 is 11.8 Å². The molecule has 2 aliphatic rings. The molecule has 2 aliphatic heterocycles. The van der Waals surface area contributed by atoms with Crippen molar-refractivity contribution in [1.82, 2.24) is 0 Å². The second-order valence-corrected chi connectivity index (χ2v) is 5.29. The summed E-state index contributed by atoms with van der Waals surface area (Å²) in [4.78, 5) is 1.38. The lowest BCUT2D eigenvalue weighted by atomic mass is 9.93. The Kier molecular flexibility index (Phi) is 2.65. The van der Waals surface area contributed by atoms with E-state index in [1.165, 1.54) is 10.5 Å². The topological polar surface area (TPSA) is 35.2 Å². The van der Waals surface area contributed by atoms with Gasteiger partial charge in [0.2, 0.25) is 0 Å². The highest BCUT2D eigenvalue weighted by atomic mass is 32.2. The Hall–Kier alpha value is -0.930. The molecule has 0 saturated carbocycles. The molecule has 2 heterocycles. The van der Waals surface area contributed by atoms with E-state index in [4.69, 9.17) is 10.5 Å². The Morgan fingerprint density at radius 3 is 3.06 bits per heavy atom. The fraction of sp³-hybridized carbons (Fsp3) is 0.385. The van der Waals surface area contributed by atoms with Crippen LogP contribution < -0.4 is 5.73 Å². The van der Waals surface area contributed by atoms with Crippen LogP contribution in [0, 0.1) is 0 Å². The molecule has 1 aromatic rings. The Morgan fingerprint density at radius 2 is 2.25 bits per heavy atom. The molecule has 2 unspecified atom stereocenters. The van der Waals surface area contributed by atoms with Gasteiger partial charge in [0.1, 0.15) is 5.76 Å². The third-order valence-corrected chi connectivity index (χ3v) is 4.44. The van der Waals surface area contributed by atoms with Crippen LogP contribution in [0.15, 0.2) is 41.0 Å². The highest BCUT2D eigenvalue weighted by molar-refractivity contribution is 7.99. The Morgan fingerprint density at radius 1 is 1.38 bits per heavy atom. The number of rotatable bonds is 2. The minimum absolute atomic E-state index is 0.0265. The van der Waals surface area contributed by atoms with Crippen LogP contribution in [0.4, 0.5) is 0 Å². The highest BCUT2D eigenvalue weighted by Gasteiger charge is 2.31. The molecule has 3 heteroatoms. The van der Waals surface area contributed by atoms with Gasteiger partial charge in [0, 0.05) is 23.0 Å². The van der Waals surface area contributed by atoms with E-state index in [2.05, 4.69) is 30.3 Å². The molecule has 0 spiro atoms. The van der Waals surface area contributed by atoms with Gasteiger partial charge >= 0.3 is 0 Å². The summed E-state index contributed by atoms with van der Waals surface area (Å²) < 4.78 is 5.57. The maximum Gasteiger partial charge on any atom is 0.109 e. The van der Waals surface area contributed by atoms with E-state index in [1.54, 1.807) is 0 Å². The lowest BCUT2D eigenvalue weighted by Gasteiger charge is -2.20. The first-order valence-corrected chi connectivity index (χ1v) is 6.65. The molecule has 0 saturated heterocycles. The summed E-state index contributed by atoms with van der Waals surface area (Å²) in [6.07, 6.45) is 3.14. The van der Waals surface area contributed by atoms with Crippen LogP contribution in [-0.4, -0.2) is 18.4 Å². The number of benzene rings is 1. The third kappa shape index (κ3) is 1.64. The zero-order chi connectivity index (χ0) is 11.0. The van der Waals surface area contributed by atoms with Crippen LogP contribution in [0.1, 0.15) is 17.9 Å². The van der Waals surface area contributed by atoms with Crippen molar-refractivity contribution < 1.29 is 4.74 Å². The minimum atomic E-state index is 0.0265. The van der Waals surface area contributed by atoms with Crippen LogP contribution in [0.3, 0.4) is 0 Å². The molecular weight excluding hydrogens is 218 g/mol. The molecule has 1 aromatic carbocycles. The van der Waals surface area contributed by atoms with Crippen molar-refractivity contribution in [3.05, 3.63) is 41.7 Å². The summed E-state index contributed by atoms with van der Waals surface area (Å²) in [7, 11) is 0. The lowest BCUT2D eigenvalue weighted by Crippen LogP contribution is -2.31. The second kappa shape index (κ2) is 4.15. The molecular formula is C13H15NOS. The van der Waals surface area contributed by atoms with Crippen LogP contribution in [0.5, 0.6) is 0 Å². The number of thioether (sulfide) groups is 1. The monoisotopic (exact) mass is 233 g/mol. The average molecular weight is 233 g/mol. The summed E-state index contributed by atoms with van der Waals surface area (Å²) in [5.74, 6) is 2.47. The number of hydrogen-bond acceptors (Lipinski definition) is 3. The lowest BCUT2D eigenvalue weighted by molar-refractivity contribution is 0.219. The van der Waals surface area contributed by atoms with Gasteiger partial charge in [-0.05, 0) is 17.7 Å². The predicted octanol–water partition coefficient (Wildman–Crippen LogP) is 2.51. The minimum Gasteiger partial charge on any atom is -0.496 e. The maximum absolute atomic E-state index is 6.29. The molecule has 16 heavy (non-hydrogen) atoms. The van der Waals surface area contributed by atoms with Crippen LogP contribution in [-0.2, 0) is 4.74 Å². The molecule has 0 fully saturated rings. The van der Waals surface area contributed by atoms with E-state index in [0.717, 1.165) is 24.5 Å². The number of fused-ring (bicyclic) bond motifs is 1. The van der Waals surface area contributed by atoms with Gasteiger partial charge in [-0.3, -0.25) is 0 Å². The standard InChI is InChI=1S/C13H15NOS/c14-13(11-5-3-7-15-11)10-8-16-12-6-2-1-4-9(10)12/h1-2,4-6,10,13H,3,7-8,14H2. The molecule has 0 radical (unpaired) electrons.